The van der Waals surface area contributed by atoms with E-state index in [0.29, 0.717) is 12.1 Å². The molecule has 2 aliphatic heterocycles. The molecule has 1 aromatic rings. The number of aromatic nitrogens is 1. The Morgan fingerprint density at radius 1 is 1.32 bits per heavy atom. The summed E-state index contributed by atoms with van der Waals surface area (Å²) in [6.07, 6.45) is 7.93. The van der Waals surface area contributed by atoms with E-state index in [2.05, 4.69) is 10.2 Å². The zero-order valence-electron chi connectivity index (χ0n) is 11.6. The fourth-order valence-corrected chi connectivity index (χ4v) is 3.50. The van der Waals surface area contributed by atoms with Gasteiger partial charge in [-0.15, -0.1) is 0 Å². The van der Waals surface area contributed by atoms with Gasteiger partial charge in [-0.1, -0.05) is 0 Å². The number of amides is 1. The molecule has 104 valence electrons. The summed E-state index contributed by atoms with van der Waals surface area (Å²) in [6.45, 7) is 2.01. The van der Waals surface area contributed by atoms with Crippen LogP contribution in [0.15, 0.2) is 18.3 Å². The molecule has 0 saturated carbocycles. The molecule has 1 N–H and O–H groups in total. The molecule has 2 unspecified atom stereocenters. The number of carbonyl (C=O) groups excluding carboxylic acids is 1. The lowest BCUT2D eigenvalue weighted by Crippen LogP contribution is -2.52. The minimum Gasteiger partial charge on any atom is -0.347 e. The Bertz CT molecular complexity index is 448. The van der Waals surface area contributed by atoms with Crippen LogP contribution in [0.4, 0.5) is 0 Å². The molecule has 2 atom stereocenters. The summed E-state index contributed by atoms with van der Waals surface area (Å²) < 4.78 is 1.93. The Kier molecular flexibility index (Phi) is 3.60. The number of nitrogens with one attached hydrogen (secondary N) is 1. The molecule has 0 aliphatic carbocycles. The number of piperidine rings is 1. The van der Waals surface area contributed by atoms with Crippen molar-refractivity contribution in [3.8, 4) is 0 Å². The van der Waals surface area contributed by atoms with E-state index in [1.165, 1.54) is 19.3 Å². The SMILES string of the molecule is Cn1cccc1C(=O)N1CCCCC1C1CCCN1. The normalized spacial score (nSPS) is 27.7. The van der Waals surface area contributed by atoms with Crippen LogP contribution >= 0.6 is 0 Å². The van der Waals surface area contributed by atoms with Gasteiger partial charge in [0.2, 0.25) is 0 Å². The lowest BCUT2D eigenvalue weighted by molar-refractivity contribution is 0.0554. The van der Waals surface area contributed by atoms with Crippen molar-refractivity contribution in [3.63, 3.8) is 0 Å². The molecular weight excluding hydrogens is 238 g/mol. The Hall–Kier alpha value is -1.29. The average molecular weight is 261 g/mol. The third-order valence-corrected chi connectivity index (χ3v) is 4.54. The molecule has 0 aromatic carbocycles. The van der Waals surface area contributed by atoms with Gasteiger partial charge in [-0.3, -0.25) is 4.79 Å². The zero-order valence-corrected chi connectivity index (χ0v) is 11.6. The summed E-state index contributed by atoms with van der Waals surface area (Å²) in [6, 6.07) is 4.76. The Balaban J connectivity index is 1.80. The smallest absolute Gasteiger partial charge is 0.270 e. The van der Waals surface area contributed by atoms with Crippen molar-refractivity contribution in [2.45, 2.75) is 44.2 Å². The number of aryl methyl sites for hydroxylation is 1. The van der Waals surface area contributed by atoms with Gasteiger partial charge in [-0.25, -0.2) is 0 Å². The average Bonchev–Trinajstić information content (AvgIpc) is 3.09. The van der Waals surface area contributed by atoms with Crippen molar-refractivity contribution in [1.29, 1.82) is 0 Å². The van der Waals surface area contributed by atoms with Crippen LogP contribution in [0.3, 0.4) is 0 Å². The molecular formula is C15H23N3O. The van der Waals surface area contributed by atoms with Crippen LogP contribution in [0.5, 0.6) is 0 Å². The van der Waals surface area contributed by atoms with Crippen LogP contribution in [0.25, 0.3) is 0 Å². The maximum absolute atomic E-state index is 12.7. The summed E-state index contributed by atoms with van der Waals surface area (Å²) >= 11 is 0. The zero-order chi connectivity index (χ0) is 13.2. The van der Waals surface area contributed by atoms with Gasteiger partial charge in [0.05, 0.1) is 0 Å². The Morgan fingerprint density at radius 3 is 2.89 bits per heavy atom. The number of hydrogen-bond donors (Lipinski definition) is 1. The van der Waals surface area contributed by atoms with E-state index in [0.717, 1.165) is 31.6 Å². The first kappa shape index (κ1) is 12.7. The van der Waals surface area contributed by atoms with E-state index in [-0.39, 0.29) is 5.91 Å². The molecule has 3 heterocycles. The molecule has 0 spiro atoms. The van der Waals surface area contributed by atoms with E-state index in [9.17, 15) is 4.79 Å². The van der Waals surface area contributed by atoms with Gasteiger partial charge in [0.25, 0.3) is 5.91 Å². The predicted octanol–water partition coefficient (Wildman–Crippen LogP) is 1.77. The second-order valence-electron chi connectivity index (χ2n) is 5.77. The van der Waals surface area contributed by atoms with E-state index >= 15 is 0 Å². The molecule has 1 aromatic heterocycles. The molecule has 2 fully saturated rings. The highest BCUT2D eigenvalue weighted by atomic mass is 16.2. The van der Waals surface area contributed by atoms with Gasteiger partial charge < -0.3 is 14.8 Å². The lowest BCUT2D eigenvalue weighted by atomic mass is 9.94. The Morgan fingerprint density at radius 2 is 2.21 bits per heavy atom. The molecule has 3 rings (SSSR count). The first-order valence-corrected chi connectivity index (χ1v) is 7.43. The largest absolute Gasteiger partial charge is 0.347 e. The van der Waals surface area contributed by atoms with Crippen LogP contribution in [0.2, 0.25) is 0 Å². The molecule has 0 bridgehead atoms. The summed E-state index contributed by atoms with van der Waals surface area (Å²) in [5.74, 6) is 0.200. The quantitative estimate of drug-likeness (QED) is 0.881. The third kappa shape index (κ3) is 2.41. The first-order valence-electron chi connectivity index (χ1n) is 7.43. The Labute approximate surface area is 114 Å². The van der Waals surface area contributed by atoms with Crippen LogP contribution in [0.1, 0.15) is 42.6 Å². The lowest BCUT2D eigenvalue weighted by Gasteiger charge is -2.39. The molecule has 4 nitrogen and oxygen atoms in total. The topological polar surface area (TPSA) is 37.3 Å². The van der Waals surface area contributed by atoms with E-state index < -0.39 is 0 Å². The number of carbonyl (C=O) groups is 1. The van der Waals surface area contributed by atoms with Gasteiger partial charge in [0, 0.05) is 31.9 Å². The monoisotopic (exact) mass is 261 g/mol. The first-order chi connectivity index (χ1) is 9.27. The summed E-state index contributed by atoms with van der Waals surface area (Å²) in [5.41, 5.74) is 0.810. The van der Waals surface area contributed by atoms with Crippen molar-refractivity contribution in [2.24, 2.45) is 7.05 Å². The number of rotatable bonds is 2. The van der Waals surface area contributed by atoms with Crippen molar-refractivity contribution in [3.05, 3.63) is 24.0 Å². The van der Waals surface area contributed by atoms with Gasteiger partial charge in [-0.2, -0.15) is 0 Å². The predicted molar refractivity (Wildman–Crippen MR) is 75.1 cm³/mol. The molecule has 19 heavy (non-hydrogen) atoms. The molecule has 1 amide bonds. The van der Waals surface area contributed by atoms with Gasteiger partial charge in [-0.05, 0) is 50.8 Å². The van der Waals surface area contributed by atoms with E-state index in [1.807, 2.05) is 29.9 Å². The third-order valence-electron chi connectivity index (χ3n) is 4.54. The van der Waals surface area contributed by atoms with Crippen LogP contribution in [0, 0.1) is 0 Å². The van der Waals surface area contributed by atoms with E-state index in [1.54, 1.807) is 0 Å². The van der Waals surface area contributed by atoms with Crippen molar-refractivity contribution >= 4 is 5.91 Å². The standard InChI is InChI=1S/C15H23N3O/c1-17-10-5-8-14(17)15(19)18-11-3-2-7-13(18)12-6-4-9-16-12/h5,8,10,12-13,16H,2-4,6-7,9,11H2,1H3. The molecule has 2 aliphatic rings. The number of likely N-dealkylation sites (tertiary alicyclic amines) is 1. The highest BCUT2D eigenvalue weighted by Gasteiger charge is 2.35. The second kappa shape index (κ2) is 5.37. The van der Waals surface area contributed by atoms with Gasteiger partial charge >= 0.3 is 0 Å². The van der Waals surface area contributed by atoms with Crippen molar-refractivity contribution in [2.75, 3.05) is 13.1 Å². The van der Waals surface area contributed by atoms with E-state index in [4.69, 9.17) is 0 Å². The van der Waals surface area contributed by atoms with Crippen molar-refractivity contribution < 1.29 is 4.79 Å². The fraction of sp³-hybridized carbons (Fsp3) is 0.667. The fourth-order valence-electron chi connectivity index (χ4n) is 3.50. The van der Waals surface area contributed by atoms with Crippen LogP contribution in [-0.4, -0.2) is 40.5 Å². The van der Waals surface area contributed by atoms with Crippen molar-refractivity contribution in [1.82, 2.24) is 14.8 Å². The summed E-state index contributed by atoms with van der Waals surface area (Å²) in [7, 11) is 1.94. The maximum atomic E-state index is 12.7. The summed E-state index contributed by atoms with van der Waals surface area (Å²) in [5, 5.41) is 3.57. The van der Waals surface area contributed by atoms with Crippen LogP contribution in [-0.2, 0) is 7.05 Å². The number of nitrogens with zero attached hydrogens (tertiary/aromatic N) is 2. The van der Waals surface area contributed by atoms with Gasteiger partial charge in [0.1, 0.15) is 5.69 Å². The maximum Gasteiger partial charge on any atom is 0.270 e. The summed E-state index contributed by atoms with van der Waals surface area (Å²) in [4.78, 5) is 14.8. The second-order valence-corrected chi connectivity index (χ2v) is 5.77. The highest BCUT2D eigenvalue weighted by molar-refractivity contribution is 5.93. The minimum atomic E-state index is 0.200. The number of hydrogen-bond acceptors (Lipinski definition) is 2. The molecule has 4 heteroatoms. The molecule has 0 radical (unpaired) electrons. The highest BCUT2D eigenvalue weighted by Crippen LogP contribution is 2.25. The minimum absolute atomic E-state index is 0.200. The van der Waals surface area contributed by atoms with Gasteiger partial charge in [0.15, 0.2) is 0 Å². The van der Waals surface area contributed by atoms with Crippen LogP contribution < -0.4 is 5.32 Å². The molecule has 2 saturated heterocycles.